The fraction of sp³-hybridized carbons (Fsp3) is 0. The zero-order chi connectivity index (χ0) is 13.1. The van der Waals surface area contributed by atoms with Gasteiger partial charge < -0.3 is 5.73 Å². The molecule has 3 rings (SSSR count). The minimum Gasteiger partial charge on any atom is -0.384 e. The maximum atomic E-state index is 5.63. The molecule has 0 aliphatic carbocycles. The van der Waals surface area contributed by atoms with Gasteiger partial charge in [0.2, 0.25) is 0 Å². The lowest BCUT2D eigenvalue weighted by Gasteiger charge is -2.02. The number of hydrogen-bond donors (Lipinski definition) is 1. The predicted octanol–water partition coefficient (Wildman–Crippen LogP) is 1.58. The van der Waals surface area contributed by atoms with Gasteiger partial charge in [-0.2, -0.15) is 0 Å². The average Bonchev–Trinajstić information content (AvgIpc) is 2.48. The topological polar surface area (TPSA) is 90.5 Å². The zero-order valence-corrected chi connectivity index (χ0v) is 9.93. The number of nitrogen functional groups attached to an aromatic ring is 1. The van der Waals surface area contributed by atoms with Gasteiger partial charge in [-0.25, -0.2) is 15.0 Å². The predicted molar refractivity (Wildman–Crippen MR) is 70.7 cm³/mol. The van der Waals surface area contributed by atoms with E-state index in [9.17, 15) is 0 Å². The summed E-state index contributed by atoms with van der Waals surface area (Å²) < 4.78 is 0. The SMILES string of the molecule is Nc1ccnc(-c2cncc(-c3ccccn3)n2)n1. The molecule has 0 bridgehead atoms. The van der Waals surface area contributed by atoms with Gasteiger partial charge in [0.25, 0.3) is 0 Å². The van der Waals surface area contributed by atoms with Crippen molar-refractivity contribution in [3.05, 3.63) is 49.1 Å². The van der Waals surface area contributed by atoms with E-state index in [1.54, 1.807) is 30.9 Å². The van der Waals surface area contributed by atoms with Crippen molar-refractivity contribution in [1.82, 2.24) is 24.9 Å². The first-order chi connectivity index (χ1) is 9.33. The molecule has 3 aromatic heterocycles. The molecule has 2 N–H and O–H groups in total. The number of nitrogens with two attached hydrogens (primary N) is 1. The lowest BCUT2D eigenvalue weighted by molar-refractivity contribution is 1.11. The van der Waals surface area contributed by atoms with Crippen LogP contribution in [0.15, 0.2) is 49.1 Å². The highest BCUT2D eigenvalue weighted by molar-refractivity contribution is 5.58. The second-order valence-corrected chi connectivity index (χ2v) is 3.81. The van der Waals surface area contributed by atoms with Crippen LogP contribution in [0, 0.1) is 0 Å². The third-order valence-electron chi connectivity index (χ3n) is 2.47. The smallest absolute Gasteiger partial charge is 0.181 e. The number of nitrogens with zero attached hydrogens (tertiary/aromatic N) is 5. The molecule has 0 aliphatic rings. The Bertz CT molecular complexity index is 698. The van der Waals surface area contributed by atoms with E-state index in [1.165, 1.54) is 0 Å². The summed E-state index contributed by atoms with van der Waals surface area (Å²) in [6, 6.07) is 7.24. The lowest BCUT2D eigenvalue weighted by Crippen LogP contribution is -1.98. The molecule has 6 nitrogen and oxygen atoms in total. The first kappa shape index (κ1) is 11.2. The summed E-state index contributed by atoms with van der Waals surface area (Å²) in [6.07, 6.45) is 6.55. The maximum absolute atomic E-state index is 5.63. The van der Waals surface area contributed by atoms with Crippen molar-refractivity contribution in [1.29, 1.82) is 0 Å². The van der Waals surface area contributed by atoms with Crippen molar-refractivity contribution in [2.45, 2.75) is 0 Å². The lowest BCUT2D eigenvalue weighted by atomic mass is 10.2. The highest BCUT2D eigenvalue weighted by atomic mass is 15.0. The van der Waals surface area contributed by atoms with Crippen molar-refractivity contribution in [2.75, 3.05) is 5.73 Å². The van der Waals surface area contributed by atoms with Gasteiger partial charge in [0.1, 0.15) is 17.2 Å². The van der Waals surface area contributed by atoms with Crippen LogP contribution in [-0.4, -0.2) is 24.9 Å². The highest BCUT2D eigenvalue weighted by Gasteiger charge is 2.07. The molecule has 0 radical (unpaired) electrons. The molecule has 3 aromatic rings. The van der Waals surface area contributed by atoms with Crippen LogP contribution in [0.25, 0.3) is 22.9 Å². The van der Waals surface area contributed by atoms with Gasteiger partial charge in [-0.3, -0.25) is 9.97 Å². The molecular formula is C13H10N6. The molecule has 3 heterocycles. The van der Waals surface area contributed by atoms with E-state index >= 15 is 0 Å². The summed E-state index contributed by atoms with van der Waals surface area (Å²) in [6.45, 7) is 0. The van der Waals surface area contributed by atoms with E-state index in [2.05, 4.69) is 24.9 Å². The summed E-state index contributed by atoms with van der Waals surface area (Å²) in [7, 11) is 0. The Morgan fingerprint density at radius 3 is 2.47 bits per heavy atom. The van der Waals surface area contributed by atoms with Gasteiger partial charge >= 0.3 is 0 Å². The highest BCUT2D eigenvalue weighted by Crippen LogP contribution is 2.17. The minimum absolute atomic E-state index is 0.398. The molecule has 92 valence electrons. The van der Waals surface area contributed by atoms with Crippen LogP contribution in [-0.2, 0) is 0 Å². The molecule has 0 aliphatic heterocycles. The van der Waals surface area contributed by atoms with E-state index < -0.39 is 0 Å². The number of anilines is 1. The first-order valence-corrected chi connectivity index (χ1v) is 5.65. The molecular weight excluding hydrogens is 240 g/mol. The molecule has 0 saturated carbocycles. The van der Waals surface area contributed by atoms with Crippen LogP contribution < -0.4 is 5.73 Å². The monoisotopic (exact) mass is 250 g/mol. The molecule has 0 atom stereocenters. The second-order valence-electron chi connectivity index (χ2n) is 3.81. The summed E-state index contributed by atoms with van der Waals surface area (Å²) in [5, 5.41) is 0. The molecule has 0 amide bonds. The van der Waals surface area contributed by atoms with E-state index in [1.807, 2.05) is 18.2 Å². The largest absolute Gasteiger partial charge is 0.384 e. The molecule has 0 spiro atoms. The Morgan fingerprint density at radius 2 is 1.68 bits per heavy atom. The zero-order valence-electron chi connectivity index (χ0n) is 9.93. The van der Waals surface area contributed by atoms with Gasteiger partial charge in [0.05, 0.1) is 18.1 Å². The minimum atomic E-state index is 0.398. The molecule has 0 saturated heterocycles. The first-order valence-electron chi connectivity index (χ1n) is 5.65. The van der Waals surface area contributed by atoms with Crippen molar-refractivity contribution in [2.24, 2.45) is 0 Å². The third-order valence-corrected chi connectivity index (χ3v) is 2.47. The van der Waals surface area contributed by atoms with E-state index in [4.69, 9.17) is 5.73 Å². The number of aromatic nitrogens is 5. The van der Waals surface area contributed by atoms with Crippen molar-refractivity contribution < 1.29 is 0 Å². The van der Waals surface area contributed by atoms with Gasteiger partial charge in [0, 0.05) is 12.4 Å². The quantitative estimate of drug-likeness (QED) is 0.742. The van der Waals surface area contributed by atoms with Gasteiger partial charge in [0.15, 0.2) is 5.82 Å². The molecule has 0 fully saturated rings. The Kier molecular flexibility index (Phi) is 2.82. The summed E-state index contributed by atoms with van der Waals surface area (Å²) in [5.41, 5.74) is 7.62. The van der Waals surface area contributed by atoms with Crippen LogP contribution in [0.2, 0.25) is 0 Å². The third kappa shape index (κ3) is 2.37. The van der Waals surface area contributed by atoms with Crippen molar-refractivity contribution in [3.8, 4) is 22.9 Å². The Labute approximate surface area is 109 Å². The molecule has 0 aromatic carbocycles. The van der Waals surface area contributed by atoms with E-state index in [0.717, 1.165) is 5.69 Å². The van der Waals surface area contributed by atoms with Crippen LogP contribution >= 0.6 is 0 Å². The molecule has 0 unspecified atom stereocenters. The number of hydrogen-bond acceptors (Lipinski definition) is 6. The van der Waals surface area contributed by atoms with Gasteiger partial charge in [-0.15, -0.1) is 0 Å². The maximum Gasteiger partial charge on any atom is 0.181 e. The summed E-state index contributed by atoms with van der Waals surface area (Å²) in [5.74, 6) is 0.848. The Hall–Kier alpha value is -2.89. The second kappa shape index (κ2) is 4.77. The van der Waals surface area contributed by atoms with Crippen LogP contribution in [0.3, 0.4) is 0 Å². The van der Waals surface area contributed by atoms with Gasteiger partial charge in [-0.05, 0) is 18.2 Å². The summed E-state index contributed by atoms with van der Waals surface area (Å²) >= 11 is 0. The van der Waals surface area contributed by atoms with E-state index in [-0.39, 0.29) is 0 Å². The fourth-order valence-electron chi connectivity index (χ4n) is 1.61. The fourth-order valence-corrected chi connectivity index (χ4v) is 1.61. The normalized spacial score (nSPS) is 10.3. The Balaban J connectivity index is 2.06. The number of rotatable bonds is 2. The van der Waals surface area contributed by atoms with Crippen LogP contribution in [0.1, 0.15) is 0 Å². The number of pyridine rings is 1. The van der Waals surface area contributed by atoms with Crippen LogP contribution in [0.5, 0.6) is 0 Å². The average molecular weight is 250 g/mol. The van der Waals surface area contributed by atoms with Crippen molar-refractivity contribution in [3.63, 3.8) is 0 Å². The van der Waals surface area contributed by atoms with Crippen LogP contribution in [0.4, 0.5) is 5.82 Å². The van der Waals surface area contributed by atoms with E-state index in [0.29, 0.717) is 23.0 Å². The standard InChI is InChI=1S/C13H10N6/c14-12-4-6-17-13(19-12)11-8-15-7-10(18-11)9-3-1-2-5-16-9/h1-8H,(H2,14,17,19). The van der Waals surface area contributed by atoms with Crippen molar-refractivity contribution >= 4 is 5.82 Å². The molecule has 19 heavy (non-hydrogen) atoms. The molecule has 6 heteroatoms. The van der Waals surface area contributed by atoms with Gasteiger partial charge in [-0.1, -0.05) is 6.07 Å². The summed E-state index contributed by atoms with van der Waals surface area (Å²) in [4.78, 5) is 21.1. The Morgan fingerprint density at radius 1 is 0.789 bits per heavy atom.